The molecule has 2 N–H and O–H groups in total. The standard InChI is InChI=1S/C15H16N2O4/c1-3-10(4-2)16-15(20)17-9-13(14(18)19)21-12-8-6-5-7-11(12)17/h1,5-8,10,13H,4,9H2,2H3,(H,16,20)(H,18,19). The number of rotatable bonds is 3. The number of fused-ring (bicyclic) bond motifs is 1. The van der Waals surface area contributed by atoms with E-state index in [1.807, 2.05) is 6.92 Å². The van der Waals surface area contributed by atoms with Gasteiger partial charge in [0.05, 0.1) is 18.3 Å². The highest BCUT2D eigenvalue weighted by Gasteiger charge is 2.33. The zero-order valence-electron chi connectivity index (χ0n) is 11.6. The van der Waals surface area contributed by atoms with Crippen molar-refractivity contribution < 1.29 is 19.4 Å². The summed E-state index contributed by atoms with van der Waals surface area (Å²) in [5.74, 6) is 1.72. The molecule has 1 aromatic carbocycles. The number of carboxylic acids is 1. The van der Waals surface area contributed by atoms with E-state index in [4.69, 9.17) is 16.3 Å². The van der Waals surface area contributed by atoms with Crippen LogP contribution in [0.5, 0.6) is 5.75 Å². The number of hydrogen-bond donors (Lipinski definition) is 2. The third-order valence-electron chi connectivity index (χ3n) is 3.20. The number of hydrogen-bond acceptors (Lipinski definition) is 3. The molecule has 2 rings (SSSR count). The van der Waals surface area contributed by atoms with Crippen LogP contribution in [-0.4, -0.2) is 35.8 Å². The summed E-state index contributed by atoms with van der Waals surface area (Å²) in [6.45, 7) is 1.79. The molecule has 0 aliphatic carbocycles. The van der Waals surface area contributed by atoms with Gasteiger partial charge in [0.2, 0.25) is 6.10 Å². The van der Waals surface area contributed by atoms with Crippen LogP contribution in [0.1, 0.15) is 13.3 Å². The van der Waals surface area contributed by atoms with E-state index >= 15 is 0 Å². The number of nitrogens with zero attached hydrogens (tertiary/aromatic N) is 1. The molecule has 110 valence electrons. The number of urea groups is 1. The lowest BCUT2D eigenvalue weighted by molar-refractivity contribution is -0.144. The van der Waals surface area contributed by atoms with Crippen LogP contribution in [0.15, 0.2) is 24.3 Å². The zero-order chi connectivity index (χ0) is 15.4. The molecule has 2 atom stereocenters. The van der Waals surface area contributed by atoms with E-state index in [2.05, 4.69) is 11.2 Å². The number of amides is 2. The second-order valence-electron chi connectivity index (χ2n) is 4.60. The lowest BCUT2D eigenvalue weighted by atomic mass is 10.2. The highest BCUT2D eigenvalue weighted by atomic mass is 16.5. The fourth-order valence-electron chi connectivity index (χ4n) is 2.04. The average Bonchev–Trinajstić information content (AvgIpc) is 2.51. The Bertz CT molecular complexity index is 594. The third-order valence-corrected chi connectivity index (χ3v) is 3.20. The van der Waals surface area contributed by atoms with E-state index in [-0.39, 0.29) is 6.54 Å². The van der Waals surface area contributed by atoms with Crippen LogP contribution in [0.25, 0.3) is 0 Å². The van der Waals surface area contributed by atoms with E-state index in [0.717, 1.165) is 0 Å². The Morgan fingerprint density at radius 2 is 2.29 bits per heavy atom. The Labute approximate surface area is 122 Å². The molecule has 0 spiro atoms. The molecule has 2 unspecified atom stereocenters. The van der Waals surface area contributed by atoms with Gasteiger partial charge in [-0.1, -0.05) is 25.0 Å². The van der Waals surface area contributed by atoms with Crippen molar-refractivity contribution in [2.75, 3.05) is 11.4 Å². The van der Waals surface area contributed by atoms with Crippen LogP contribution in [-0.2, 0) is 4.79 Å². The van der Waals surface area contributed by atoms with Gasteiger partial charge in [0.15, 0.2) is 0 Å². The van der Waals surface area contributed by atoms with E-state index < -0.39 is 24.1 Å². The predicted octanol–water partition coefficient (Wildman–Crippen LogP) is 1.46. The van der Waals surface area contributed by atoms with Crippen LogP contribution >= 0.6 is 0 Å². The Kier molecular flexibility index (Phi) is 4.33. The maximum atomic E-state index is 12.3. The molecule has 1 heterocycles. The average molecular weight is 288 g/mol. The maximum absolute atomic E-state index is 12.3. The van der Waals surface area contributed by atoms with Crippen molar-refractivity contribution in [2.45, 2.75) is 25.5 Å². The predicted molar refractivity (Wildman–Crippen MR) is 77.3 cm³/mol. The van der Waals surface area contributed by atoms with Crippen molar-refractivity contribution in [3.8, 4) is 18.1 Å². The molecule has 0 bridgehead atoms. The smallest absolute Gasteiger partial charge is 0.346 e. The number of para-hydroxylation sites is 2. The first-order valence-corrected chi connectivity index (χ1v) is 6.59. The first kappa shape index (κ1) is 14.7. The minimum Gasteiger partial charge on any atom is -0.478 e. The minimum absolute atomic E-state index is 0.0703. The molecule has 6 heteroatoms. The second-order valence-corrected chi connectivity index (χ2v) is 4.60. The normalized spacial score (nSPS) is 17.9. The van der Waals surface area contributed by atoms with Gasteiger partial charge in [-0.05, 0) is 18.6 Å². The fourth-order valence-corrected chi connectivity index (χ4v) is 2.04. The summed E-state index contributed by atoms with van der Waals surface area (Å²) in [6, 6.07) is 5.97. The van der Waals surface area contributed by atoms with Gasteiger partial charge in [-0.15, -0.1) is 6.42 Å². The van der Waals surface area contributed by atoms with Gasteiger partial charge in [-0.3, -0.25) is 4.90 Å². The number of nitrogens with one attached hydrogen (secondary N) is 1. The third kappa shape index (κ3) is 3.08. The fraction of sp³-hybridized carbons (Fsp3) is 0.333. The zero-order valence-corrected chi connectivity index (χ0v) is 11.6. The Hall–Kier alpha value is -2.68. The number of terminal acetylenes is 1. The van der Waals surface area contributed by atoms with Gasteiger partial charge in [0.1, 0.15) is 5.75 Å². The summed E-state index contributed by atoms with van der Waals surface area (Å²) in [4.78, 5) is 24.8. The van der Waals surface area contributed by atoms with Crippen molar-refractivity contribution in [1.82, 2.24) is 5.32 Å². The van der Waals surface area contributed by atoms with Gasteiger partial charge < -0.3 is 15.2 Å². The van der Waals surface area contributed by atoms with Gasteiger partial charge in [-0.25, -0.2) is 9.59 Å². The minimum atomic E-state index is -1.12. The van der Waals surface area contributed by atoms with Crippen molar-refractivity contribution in [1.29, 1.82) is 0 Å². The van der Waals surface area contributed by atoms with Gasteiger partial charge in [-0.2, -0.15) is 0 Å². The van der Waals surface area contributed by atoms with Gasteiger partial charge in [0.25, 0.3) is 0 Å². The molecule has 2 amide bonds. The number of carboxylic acid groups (broad SMARTS) is 1. The molecule has 0 radical (unpaired) electrons. The number of ether oxygens (including phenoxy) is 1. The molecule has 0 saturated carbocycles. The highest BCUT2D eigenvalue weighted by Crippen LogP contribution is 2.33. The summed E-state index contributed by atoms with van der Waals surface area (Å²) < 4.78 is 5.37. The molecule has 1 aliphatic heterocycles. The first-order chi connectivity index (χ1) is 10.1. The van der Waals surface area contributed by atoms with Crippen LogP contribution in [0.4, 0.5) is 10.5 Å². The largest absolute Gasteiger partial charge is 0.478 e. The maximum Gasteiger partial charge on any atom is 0.346 e. The lowest BCUT2D eigenvalue weighted by Gasteiger charge is -2.33. The van der Waals surface area contributed by atoms with Gasteiger partial charge >= 0.3 is 12.0 Å². The molecule has 1 aliphatic rings. The summed E-state index contributed by atoms with van der Waals surface area (Å²) >= 11 is 0. The summed E-state index contributed by atoms with van der Waals surface area (Å²) in [5.41, 5.74) is 0.527. The van der Waals surface area contributed by atoms with Crippen LogP contribution in [0, 0.1) is 12.3 Å². The van der Waals surface area contributed by atoms with Crippen LogP contribution < -0.4 is 15.0 Å². The molecular weight excluding hydrogens is 272 g/mol. The van der Waals surface area contributed by atoms with Crippen molar-refractivity contribution in [3.05, 3.63) is 24.3 Å². The van der Waals surface area contributed by atoms with Crippen molar-refractivity contribution in [2.24, 2.45) is 0 Å². The van der Waals surface area contributed by atoms with Gasteiger partial charge in [0, 0.05) is 0 Å². The quantitative estimate of drug-likeness (QED) is 0.825. The number of benzene rings is 1. The number of aliphatic carboxylic acids is 1. The highest BCUT2D eigenvalue weighted by molar-refractivity contribution is 5.95. The summed E-state index contributed by atoms with van der Waals surface area (Å²) in [6.07, 6.45) is 4.82. The van der Waals surface area contributed by atoms with E-state index in [0.29, 0.717) is 17.9 Å². The molecule has 0 fully saturated rings. The van der Waals surface area contributed by atoms with Crippen LogP contribution in [0.3, 0.4) is 0 Å². The van der Waals surface area contributed by atoms with E-state index in [1.54, 1.807) is 24.3 Å². The monoisotopic (exact) mass is 288 g/mol. The number of carbonyl (C=O) groups excluding carboxylic acids is 1. The molecule has 21 heavy (non-hydrogen) atoms. The molecule has 1 aromatic rings. The van der Waals surface area contributed by atoms with Crippen molar-refractivity contribution >= 4 is 17.7 Å². The van der Waals surface area contributed by atoms with Crippen molar-refractivity contribution in [3.63, 3.8) is 0 Å². The Balaban J connectivity index is 2.27. The second kappa shape index (κ2) is 6.18. The number of carbonyl (C=O) groups is 2. The summed E-state index contributed by atoms with van der Waals surface area (Å²) in [5, 5.41) is 11.8. The SMILES string of the molecule is C#CC(CC)NC(=O)N1CC(C(=O)O)Oc2ccccc21. The first-order valence-electron chi connectivity index (χ1n) is 6.59. The molecular formula is C15H16N2O4. The Morgan fingerprint density at radius 1 is 1.57 bits per heavy atom. The van der Waals surface area contributed by atoms with Crippen LogP contribution in [0.2, 0.25) is 0 Å². The number of anilines is 1. The molecule has 6 nitrogen and oxygen atoms in total. The van der Waals surface area contributed by atoms with E-state index in [9.17, 15) is 9.59 Å². The lowest BCUT2D eigenvalue weighted by Crippen LogP contribution is -2.52. The molecule has 0 saturated heterocycles. The summed E-state index contributed by atoms with van der Waals surface area (Å²) in [7, 11) is 0. The Morgan fingerprint density at radius 3 is 2.90 bits per heavy atom. The molecule has 0 aromatic heterocycles. The van der Waals surface area contributed by atoms with E-state index in [1.165, 1.54) is 4.90 Å². The topological polar surface area (TPSA) is 78.9 Å².